The minimum absolute atomic E-state index is 0.0853. The lowest BCUT2D eigenvalue weighted by Gasteiger charge is -2.11. The minimum Gasteiger partial charge on any atom is -0.403 e. The van der Waals surface area contributed by atoms with Crippen molar-refractivity contribution in [2.75, 3.05) is 0 Å². The fourth-order valence-corrected chi connectivity index (χ4v) is 1.07. The molecule has 0 saturated heterocycles. The number of hydrogen-bond donors (Lipinski definition) is 2. The second kappa shape index (κ2) is 3.61. The Morgan fingerprint density at radius 3 is 2.29 bits per heavy atom. The first-order chi connectivity index (χ1) is 6.46. The topological polar surface area (TPSA) is 52.0 Å². The zero-order valence-electron chi connectivity index (χ0n) is 7.18. The average molecular weight is 202 g/mol. The number of benzene rings is 1. The van der Waals surface area contributed by atoms with E-state index in [-0.39, 0.29) is 11.3 Å². The lowest BCUT2D eigenvalue weighted by molar-refractivity contribution is -0.137. The fourth-order valence-electron chi connectivity index (χ4n) is 1.07. The van der Waals surface area contributed by atoms with Crippen LogP contribution in [0.15, 0.2) is 30.5 Å². The van der Waals surface area contributed by atoms with Crippen LogP contribution in [0.1, 0.15) is 11.1 Å². The van der Waals surface area contributed by atoms with E-state index < -0.39 is 11.7 Å². The molecule has 14 heavy (non-hydrogen) atoms. The van der Waals surface area contributed by atoms with Crippen molar-refractivity contribution >= 4 is 5.70 Å². The van der Waals surface area contributed by atoms with E-state index in [0.29, 0.717) is 0 Å². The van der Waals surface area contributed by atoms with E-state index in [2.05, 4.69) is 0 Å². The van der Waals surface area contributed by atoms with Gasteiger partial charge in [0, 0.05) is 11.8 Å². The first kappa shape index (κ1) is 10.4. The number of halogens is 3. The maximum absolute atomic E-state index is 12.4. The van der Waals surface area contributed by atoms with E-state index in [1.54, 1.807) is 0 Å². The van der Waals surface area contributed by atoms with Gasteiger partial charge >= 0.3 is 6.18 Å². The molecule has 0 aromatic heterocycles. The summed E-state index contributed by atoms with van der Waals surface area (Å²) in [6.45, 7) is 0. The van der Waals surface area contributed by atoms with Crippen molar-refractivity contribution in [1.29, 1.82) is 0 Å². The molecule has 0 atom stereocenters. The third kappa shape index (κ3) is 1.99. The zero-order valence-corrected chi connectivity index (χ0v) is 7.18. The van der Waals surface area contributed by atoms with Gasteiger partial charge in [0.2, 0.25) is 0 Å². The van der Waals surface area contributed by atoms with Crippen LogP contribution < -0.4 is 11.5 Å². The lowest BCUT2D eigenvalue weighted by atomic mass is 10.1. The zero-order chi connectivity index (χ0) is 10.8. The maximum Gasteiger partial charge on any atom is 0.417 e. The molecule has 0 aliphatic heterocycles. The normalized spacial score (nSPS) is 12.9. The summed E-state index contributed by atoms with van der Waals surface area (Å²) in [7, 11) is 0. The van der Waals surface area contributed by atoms with Gasteiger partial charge in [0.15, 0.2) is 0 Å². The molecule has 0 amide bonds. The molecule has 1 aromatic carbocycles. The minimum atomic E-state index is -4.41. The standard InChI is InChI=1S/C9H9F3N2/c10-9(11,12)7-4-2-1-3-6(7)8(14)5-13/h1-5H,13-14H2/b8-5-. The first-order valence-electron chi connectivity index (χ1n) is 3.80. The molecule has 0 saturated carbocycles. The Kier molecular flexibility index (Phi) is 2.69. The van der Waals surface area contributed by atoms with Gasteiger partial charge in [-0.3, -0.25) is 0 Å². The van der Waals surface area contributed by atoms with Crippen LogP contribution in [0.3, 0.4) is 0 Å². The predicted molar refractivity (Wildman–Crippen MR) is 47.8 cm³/mol. The van der Waals surface area contributed by atoms with Crippen molar-refractivity contribution in [3.8, 4) is 0 Å². The summed E-state index contributed by atoms with van der Waals surface area (Å²) in [6.07, 6.45) is -3.46. The molecule has 1 aromatic rings. The number of hydrogen-bond acceptors (Lipinski definition) is 2. The van der Waals surface area contributed by atoms with E-state index in [4.69, 9.17) is 11.5 Å². The van der Waals surface area contributed by atoms with Crippen LogP contribution in [0.2, 0.25) is 0 Å². The van der Waals surface area contributed by atoms with Crippen molar-refractivity contribution in [2.45, 2.75) is 6.18 Å². The Labute approximate surface area is 79.0 Å². The van der Waals surface area contributed by atoms with Crippen molar-refractivity contribution in [3.63, 3.8) is 0 Å². The van der Waals surface area contributed by atoms with Gasteiger partial charge < -0.3 is 11.5 Å². The smallest absolute Gasteiger partial charge is 0.403 e. The summed E-state index contributed by atoms with van der Waals surface area (Å²) in [5.41, 5.74) is 9.43. The SMILES string of the molecule is N/C=C(\N)c1ccccc1C(F)(F)F. The molecular weight excluding hydrogens is 193 g/mol. The molecule has 0 unspecified atom stereocenters. The Bertz CT molecular complexity index is 355. The molecule has 0 bridgehead atoms. The van der Waals surface area contributed by atoms with Crippen LogP contribution >= 0.6 is 0 Å². The van der Waals surface area contributed by atoms with Crippen molar-refractivity contribution in [2.24, 2.45) is 11.5 Å². The number of rotatable bonds is 1. The van der Waals surface area contributed by atoms with Gasteiger partial charge in [-0.25, -0.2) is 0 Å². The quantitative estimate of drug-likeness (QED) is 0.730. The third-order valence-corrected chi connectivity index (χ3v) is 1.72. The van der Waals surface area contributed by atoms with Crippen LogP contribution in [0, 0.1) is 0 Å². The highest BCUT2D eigenvalue weighted by Gasteiger charge is 2.33. The number of alkyl halides is 3. The fraction of sp³-hybridized carbons (Fsp3) is 0.111. The van der Waals surface area contributed by atoms with Crippen LogP contribution in [-0.2, 0) is 6.18 Å². The van der Waals surface area contributed by atoms with Crippen LogP contribution in [-0.4, -0.2) is 0 Å². The third-order valence-electron chi connectivity index (χ3n) is 1.72. The molecule has 0 radical (unpaired) electrons. The van der Waals surface area contributed by atoms with Gasteiger partial charge in [-0.05, 0) is 6.07 Å². The summed E-state index contributed by atoms with van der Waals surface area (Å²) in [6, 6.07) is 5.02. The van der Waals surface area contributed by atoms with E-state index in [1.165, 1.54) is 18.2 Å². The maximum atomic E-state index is 12.4. The Balaban J connectivity index is 3.31. The van der Waals surface area contributed by atoms with Gasteiger partial charge in [-0.15, -0.1) is 0 Å². The molecule has 1 rings (SSSR count). The van der Waals surface area contributed by atoms with E-state index in [1.807, 2.05) is 0 Å². The highest BCUT2D eigenvalue weighted by Crippen LogP contribution is 2.33. The molecule has 0 heterocycles. The van der Waals surface area contributed by atoms with Crippen molar-refractivity contribution in [3.05, 3.63) is 41.6 Å². The van der Waals surface area contributed by atoms with E-state index in [9.17, 15) is 13.2 Å². The van der Waals surface area contributed by atoms with E-state index in [0.717, 1.165) is 12.3 Å². The van der Waals surface area contributed by atoms with Gasteiger partial charge in [0.1, 0.15) is 0 Å². The van der Waals surface area contributed by atoms with Gasteiger partial charge in [0.25, 0.3) is 0 Å². The van der Waals surface area contributed by atoms with Crippen LogP contribution in [0.4, 0.5) is 13.2 Å². The second-order valence-corrected chi connectivity index (χ2v) is 2.67. The van der Waals surface area contributed by atoms with Crippen molar-refractivity contribution in [1.82, 2.24) is 0 Å². The first-order valence-corrected chi connectivity index (χ1v) is 3.80. The molecule has 0 aliphatic rings. The molecule has 0 fully saturated rings. The highest BCUT2D eigenvalue weighted by atomic mass is 19.4. The Hall–Kier alpha value is -1.65. The average Bonchev–Trinajstić information content (AvgIpc) is 2.15. The molecule has 2 nitrogen and oxygen atoms in total. The molecule has 4 N–H and O–H groups in total. The lowest BCUT2D eigenvalue weighted by Crippen LogP contribution is -2.11. The molecule has 5 heteroatoms. The van der Waals surface area contributed by atoms with Crippen molar-refractivity contribution < 1.29 is 13.2 Å². The summed E-state index contributed by atoms with van der Waals surface area (Å²) in [5.74, 6) is 0. The summed E-state index contributed by atoms with van der Waals surface area (Å²) >= 11 is 0. The summed E-state index contributed by atoms with van der Waals surface area (Å²) in [4.78, 5) is 0. The monoisotopic (exact) mass is 202 g/mol. The Morgan fingerprint density at radius 2 is 1.79 bits per heavy atom. The molecule has 76 valence electrons. The van der Waals surface area contributed by atoms with Gasteiger partial charge in [-0.1, -0.05) is 18.2 Å². The van der Waals surface area contributed by atoms with Crippen LogP contribution in [0.25, 0.3) is 5.70 Å². The van der Waals surface area contributed by atoms with Crippen LogP contribution in [0.5, 0.6) is 0 Å². The second-order valence-electron chi connectivity index (χ2n) is 2.67. The van der Waals surface area contributed by atoms with Gasteiger partial charge in [-0.2, -0.15) is 13.2 Å². The van der Waals surface area contributed by atoms with Gasteiger partial charge in [0.05, 0.1) is 11.3 Å². The summed E-state index contributed by atoms with van der Waals surface area (Å²) < 4.78 is 37.3. The molecular formula is C9H9F3N2. The highest BCUT2D eigenvalue weighted by molar-refractivity contribution is 5.65. The summed E-state index contributed by atoms with van der Waals surface area (Å²) in [5, 5.41) is 0. The largest absolute Gasteiger partial charge is 0.417 e. The Morgan fingerprint density at radius 1 is 1.21 bits per heavy atom. The molecule has 0 spiro atoms. The molecule has 0 aliphatic carbocycles. The predicted octanol–water partition coefficient (Wildman–Crippen LogP) is 1.92. The number of nitrogens with two attached hydrogens (primary N) is 2. The van der Waals surface area contributed by atoms with E-state index >= 15 is 0 Å².